The van der Waals surface area contributed by atoms with Crippen LogP contribution < -0.4 is 15.0 Å². The molecule has 0 unspecified atom stereocenters. The van der Waals surface area contributed by atoms with Crippen LogP contribution in [0.2, 0.25) is 0 Å². The van der Waals surface area contributed by atoms with Crippen LogP contribution in [0.5, 0.6) is 5.75 Å². The lowest BCUT2D eigenvalue weighted by molar-refractivity contribution is 0.0951. The number of anilines is 1. The molecule has 0 saturated heterocycles. The zero-order valence-electron chi connectivity index (χ0n) is 17.7. The lowest BCUT2D eigenvalue weighted by Crippen LogP contribution is -2.30. The Morgan fingerprint density at radius 3 is 2.21 bits per heavy atom. The molecular weight excluding hydrogens is 350 g/mol. The summed E-state index contributed by atoms with van der Waals surface area (Å²) < 4.78 is 5.69. The molecule has 0 aliphatic heterocycles. The average molecular weight is 384 g/mol. The molecule has 0 fully saturated rings. The average Bonchev–Trinajstić information content (AvgIpc) is 2.67. The van der Waals surface area contributed by atoms with Crippen LogP contribution in [0.15, 0.2) is 48.5 Å². The fourth-order valence-electron chi connectivity index (χ4n) is 2.98. The summed E-state index contributed by atoms with van der Waals surface area (Å²) in [6, 6.07) is 16.1. The lowest BCUT2D eigenvalue weighted by Gasteiger charge is -2.27. The fraction of sp³-hybridized carbons (Fsp3) is 0.435. The van der Waals surface area contributed by atoms with Crippen LogP contribution in [0, 0.1) is 0 Å². The van der Waals surface area contributed by atoms with Crippen molar-refractivity contribution in [1.29, 1.82) is 0 Å². The number of nitrogens with one attached hydrogen (secondary N) is 1. The summed E-state index contributed by atoms with van der Waals surface area (Å²) >= 11 is 0. The van der Waals surface area contributed by atoms with E-state index in [-0.39, 0.29) is 5.91 Å². The largest absolute Gasteiger partial charge is 0.492 e. The van der Waals surface area contributed by atoms with E-state index in [1.54, 1.807) is 0 Å². The molecule has 0 bridgehead atoms. The van der Waals surface area contributed by atoms with Crippen molar-refractivity contribution in [2.24, 2.45) is 0 Å². The van der Waals surface area contributed by atoms with Crippen molar-refractivity contribution >= 4 is 11.6 Å². The predicted molar refractivity (Wildman–Crippen MR) is 116 cm³/mol. The highest BCUT2D eigenvalue weighted by Gasteiger charge is 2.10. The van der Waals surface area contributed by atoms with Gasteiger partial charge in [0.25, 0.3) is 5.91 Å². The number of ether oxygens (including phenoxy) is 1. The molecule has 0 radical (unpaired) electrons. The second-order valence-electron chi connectivity index (χ2n) is 7.41. The Morgan fingerprint density at radius 2 is 1.68 bits per heavy atom. The second-order valence-corrected chi connectivity index (χ2v) is 7.41. The molecule has 2 aromatic rings. The predicted octanol–water partition coefficient (Wildman–Crippen LogP) is 3.79. The molecule has 2 aromatic carbocycles. The molecule has 28 heavy (non-hydrogen) atoms. The van der Waals surface area contributed by atoms with E-state index in [0.29, 0.717) is 24.8 Å². The number of amides is 1. The summed E-state index contributed by atoms with van der Waals surface area (Å²) in [5.41, 5.74) is 2.85. The first-order valence-electron chi connectivity index (χ1n) is 9.92. The van der Waals surface area contributed by atoms with E-state index in [4.69, 9.17) is 4.74 Å². The maximum absolute atomic E-state index is 12.4. The number of rotatable bonds is 10. The third kappa shape index (κ3) is 6.57. The third-order valence-electron chi connectivity index (χ3n) is 4.61. The Balaban J connectivity index is 1.86. The van der Waals surface area contributed by atoms with Crippen LogP contribution in [0.4, 0.5) is 5.69 Å². The summed E-state index contributed by atoms with van der Waals surface area (Å²) in [5.74, 6) is 0.781. The van der Waals surface area contributed by atoms with Crippen molar-refractivity contribution in [3.63, 3.8) is 0 Å². The summed E-state index contributed by atoms with van der Waals surface area (Å²) in [6.45, 7) is 9.45. The van der Waals surface area contributed by atoms with Gasteiger partial charge in [-0.2, -0.15) is 0 Å². The van der Waals surface area contributed by atoms with E-state index in [1.807, 2.05) is 62.6 Å². The van der Waals surface area contributed by atoms with Gasteiger partial charge in [0.05, 0.1) is 0 Å². The van der Waals surface area contributed by atoms with Crippen LogP contribution in [0.1, 0.15) is 36.7 Å². The number of carbonyl (C=O) groups is 1. The van der Waals surface area contributed by atoms with Crippen LogP contribution in [-0.4, -0.2) is 50.6 Å². The number of nitrogens with zero attached hydrogens (tertiary/aromatic N) is 2. The molecule has 5 nitrogen and oxygen atoms in total. The van der Waals surface area contributed by atoms with Gasteiger partial charge >= 0.3 is 0 Å². The van der Waals surface area contributed by atoms with Gasteiger partial charge in [0.2, 0.25) is 0 Å². The topological polar surface area (TPSA) is 44.8 Å². The minimum absolute atomic E-state index is 0.0644. The van der Waals surface area contributed by atoms with Crippen LogP contribution in [0.3, 0.4) is 0 Å². The van der Waals surface area contributed by atoms with Gasteiger partial charge < -0.3 is 19.9 Å². The minimum atomic E-state index is -0.0644. The van der Waals surface area contributed by atoms with Crippen molar-refractivity contribution in [1.82, 2.24) is 10.2 Å². The molecule has 2 rings (SSSR count). The summed E-state index contributed by atoms with van der Waals surface area (Å²) in [6.07, 6.45) is 0. The Labute approximate surface area is 169 Å². The second kappa shape index (κ2) is 10.7. The van der Waals surface area contributed by atoms with Crippen molar-refractivity contribution in [3.05, 3.63) is 59.7 Å². The zero-order chi connectivity index (χ0) is 20.5. The first kappa shape index (κ1) is 21.8. The first-order valence-corrected chi connectivity index (χ1v) is 9.92. The first-order chi connectivity index (χ1) is 13.4. The van der Waals surface area contributed by atoms with Crippen molar-refractivity contribution in [3.8, 4) is 5.75 Å². The van der Waals surface area contributed by atoms with Gasteiger partial charge in [0.15, 0.2) is 0 Å². The van der Waals surface area contributed by atoms with Crippen LogP contribution >= 0.6 is 0 Å². The quantitative estimate of drug-likeness (QED) is 0.678. The Morgan fingerprint density at radius 1 is 1.04 bits per heavy atom. The SMILES string of the molecule is CCN(c1ccc(C(=O)NCc2ccc(OCCN(C)C)cc2)cc1)C(C)C. The van der Waals surface area contributed by atoms with E-state index in [0.717, 1.165) is 30.1 Å². The molecule has 0 aliphatic rings. The Hall–Kier alpha value is -2.53. The highest BCUT2D eigenvalue weighted by Crippen LogP contribution is 2.18. The molecule has 0 aliphatic carbocycles. The summed E-state index contributed by atoms with van der Waals surface area (Å²) in [7, 11) is 4.04. The van der Waals surface area contributed by atoms with Crippen molar-refractivity contribution in [2.45, 2.75) is 33.4 Å². The van der Waals surface area contributed by atoms with E-state index in [9.17, 15) is 4.79 Å². The molecule has 152 valence electrons. The van der Waals surface area contributed by atoms with E-state index in [2.05, 4.69) is 35.9 Å². The molecule has 0 atom stereocenters. The van der Waals surface area contributed by atoms with E-state index in [1.165, 1.54) is 0 Å². The van der Waals surface area contributed by atoms with Crippen molar-refractivity contribution < 1.29 is 9.53 Å². The van der Waals surface area contributed by atoms with Gasteiger partial charge in [0, 0.05) is 36.9 Å². The van der Waals surface area contributed by atoms with Gasteiger partial charge in [0.1, 0.15) is 12.4 Å². The van der Waals surface area contributed by atoms with Crippen molar-refractivity contribution in [2.75, 3.05) is 38.7 Å². The monoisotopic (exact) mass is 383 g/mol. The minimum Gasteiger partial charge on any atom is -0.492 e. The van der Waals surface area contributed by atoms with Crippen LogP contribution in [0.25, 0.3) is 0 Å². The zero-order valence-corrected chi connectivity index (χ0v) is 17.7. The van der Waals surface area contributed by atoms with Gasteiger partial charge in [-0.3, -0.25) is 4.79 Å². The van der Waals surface area contributed by atoms with E-state index >= 15 is 0 Å². The maximum Gasteiger partial charge on any atom is 0.251 e. The van der Waals surface area contributed by atoms with Gasteiger partial charge in [-0.1, -0.05) is 12.1 Å². The number of carbonyl (C=O) groups excluding carboxylic acids is 1. The molecule has 0 saturated carbocycles. The number of likely N-dealkylation sites (N-methyl/N-ethyl adjacent to an activating group) is 1. The van der Waals surface area contributed by atoms with Gasteiger partial charge in [-0.05, 0) is 76.8 Å². The van der Waals surface area contributed by atoms with Gasteiger partial charge in [-0.15, -0.1) is 0 Å². The molecule has 1 N–H and O–H groups in total. The Bertz CT molecular complexity index is 725. The summed E-state index contributed by atoms with van der Waals surface area (Å²) in [5, 5.41) is 2.98. The molecule has 5 heteroatoms. The summed E-state index contributed by atoms with van der Waals surface area (Å²) in [4.78, 5) is 16.8. The highest BCUT2D eigenvalue weighted by molar-refractivity contribution is 5.94. The molecule has 0 heterocycles. The standard InChI is InChI=1S/C23H33N3O2/c1-6-26(18(2)3)21-11-9-20(10-12-21)23(27)24-17-19-7-13-22(14-8-19)28-16-15-25(4)5/h7-14,18H,6,15-17H2,1-5H3,(H,24,27). The highest BCUT2D eigenvalue weighted by atomic mass is 16.5. The van der Waals surface area contributed by atoms with E-state index < -0.39 is 0 Å². The number of benzene rings is 2. The van der Waals surface area contributed by atoms with Crippen LogP contribution in [-0.2, 0) is 6.54 Å². The smallest absolute Gasteiger partial charge is 0.251 e. The maximum atomic E-state index is 12.4. The molecular formula is C23H33N3O2. The number of hydrogen-bond acceptors (Lipinski definition) is 4. The molecule has 1 amide bonds. The lowest BCUT2D eigenvalue weighted by atomic mass is 10.1. The number of hydrogen-bond donors (Lipinski definition) is 1. The fourth-order valence-corrected chi connectivity index (χ4v) is 2.98. The molecule has 0 aromatic heterocycles. The Kier molecular flexibility index (Phi) is 8.33. The normalized spacial score (nSPS) is 11.0. The van der Waals surface area contributed by atoms with Gasteiger partial charge in [-0.25, -0.2) is 0 Å². The molecule has 0 spiro atoms. The third-order valence-corrected chi connectivity index (χ3v) is 4.61.